The number of nitrogens with zero attached hydrogens (tertiary/aromatic N) is 2. The van der Waals surface area contributed by atoms with Crippen LogP contribution in [0.3, 0.4) is 0 Å². The number of anilines is 2. The first-order chi connectivity index (χ1) is 8.44. The molecule has 0 spiro atoms. The van der Waals surface area contributed by atoms with E-state index < -0.39 is 12.7 Å². The van der Waals surface area contributed by atoms with Crippen molar-refractivity contribution in [3.8, 4) is 0 Å². The second-order valence-corrected chi connectivity index (χ2v) is 4.07. The van der Waals surface area contributed by atoms with Crippen molar-refractivity contribution >= 4 is 11.8 Å². The van der Waals surface area contributed by atoms with Crippen molar-refractivity contribution in [3.63, 3.8) is 0 Å². The van der Waals surface area contributed by atoms with E-state index in [2.05, 4.69) is 15.3 Å². The third-order valence-corrected chi connectivity index (χ3v) is 2.58. The van der Waals surface area contributed by atoms with E-state index in [0.717, 1.165) is 6.42 Å². The zero-order chi connectivity index (χ0) is 13.2. The number of aromatic nitrogens is 2. The van der Waals surface area contributed by atoms with Crippen LogP contribution in [-0.2, 0) is 4.74 Å². The van der Waals surface area contributed by atoms with Crippen molar-refractivity contribution in [2.75, 3.05) is 30.8 Å². The Hall–Kier alpha value is -1.57. The second-order valence-electron chi connectivity index (χ2n) is 4.07. The van der Waals surface area contributed by atoms with Gasteiger partial charge < -0.3 is 15.8 Å². The topological polar surface area (TPSA) is 73.1 Å². The Labute approximate surface area is 102 Å². The Morgan fingerprint density at radius 2 is 2.22 bits per heavy atom. The normalized spacial score (nSPS) is 20.1. The van der Waals surface area contributed by atoms with E-state index in [0.29, 0.717) is 18.9 Å². The van der Waals surface area contributed by atoms with Gasteiger partial charge in [0.05, 0.1) is 12.3 Å². The predicted octanol–water partition coefficient (Wildman–Crippen LogP) is 1.54. The van der Waals surface area contributed by atoms with Crippen LogP contribution in [-0.4, -0.2) is 35.9 Å². The molecule has 18 heavy (non-hydrogen) atoms. The number of nitrogen functional groups attached to an aromatic ring is 1. The molecule has 0 amide bonds. The van der Waals surface area contributed by atoms with Gasteiger partial charge in [0.15, 0.2) is 0 Å². The number of hydrogen-bond donors (Lipinski definition) is 2. The van der Waals surface area contributed by atoms with Crippen molar-refractivity contribution in [1.82, 2.24) is 9.97 Å². The average molecular weight is 262 g/mol. The molecule has 2 heterocycles. The summed E-state index contributed by atoms with van der Waals surface area (Å²) in [6, 6.07) is 1.49. The van der Waals surface area contributed by atoms with Gasteiger partial charge in [0.2, 0.25) is 5.95 Å². The summed E-state index contributed by atoms with van der Waals surface area (Å²) in [6.45, 7) is -0.0148. The second kappa shape index (κ2) is 4.97. The fraction of sp³-hybridized carbons (Fsp3) is 0.600. The Morgan fingerprint density at radius 3 is 2.83 bits per heavy atom. The lowest BCUT2D eigenvalue weighted by Crippen LogP contribution is -2.22. The minimum absolute atomic E-state index is 0.0379. The van der Waals surface area contributed by atoms with Crippen LogP contribution in [0.1, 0.15) is 18.0 Å². The van der Waals surface area contributed by atoms with Gasteiger partial charge in [-0.1, -0.05) is 0 Å². The molecule has 0 bridgehead atoms. The van der Waals surface area contributed by atoms with Crippen molar-refractivity contribution in [1.29, 1.82) is 0 Å². The van der Waals surface area contributed by atoms with Crippen LogP contribution >= 0.6 is 0 Å². The molecule has 0 radical (unpaired) electrons. The number of nitrogens with two attached hydrogens (primary N) is 1. The predicted molar refractivity (Wildman–Crippen MR) is 59.2 cm³/mol. The molecule has 1 aliphatic rings. The zero-order valence-corrected chi connectivity index (χ0v) is 9.50. The van der Waals surface area contributed by atoms with Gasteiger partial charge in [-0.2, -0.15) is 18.2 Å². The first kappa shape index (κ1) is 12.9. The van der Waals surface area contributed by atoms with Gasteiger partial charge in [0.1, 0.15) is 12.4 Å². The highest BCUT2D eigenvalue weighted by Gasteiger charge is 2.27. The number of nitrogens with one attached hydrogen (secondary N) is 1. The van der Waals surface area contributed by atoms with Crippen LogP contribution in [0, 0.1) is 0 Å². The molecule has 2 rings (SSSR count). The van der Waals surface area contributed by atoms with Crippen LogP contribution in [0.25, 0.3) is 0 Å². The van der Waals surface area contributed by atoms with Gasteiger partial charge in [-0.15, -0.1) is 0 Å². The largest absolute Gasteiger partial charge is 0.405 e. The Bertz CT molecular complexity index is 418. The Kier molecular flexibility index (Phi) is 3.55. The Morgan fingerprint density at radius 1 is 1.44 bits per heavy atom. The van der Waals surface area contributed by atoms with E-state index in [9.17, 15) is 13.2 Å². The van der Waals surface area contributed by atoms with Crippen molar-refractivity contribution in [2.45, 2.75) is 18.5 Å². The van der Waals surface area contributed by atoms with Crippen LogP contribution in [0.5, 0.6) is 0 Å². The number of ether oxygens (including phenoxy) is 1. The summed E-state index contributed by atoms with van der Waals surface area (Å²) in [5, 5.41) is 2.19. The summed E-state index contributed by atoms with van der Waals surface area (Å²) in [6.07, 6.45) is -3.51. The average Bonchev–Trinajstić information content (AvgIpc) is 2.78. The molecule has 1 fully saturated rings. The lowest BCUT2D eigenvalue weighted by atomic mass is 10.0. The lowest BCUT2D eigenvalue weighted by molar-refractivity contribution is -0.115. The van der Waals surface area contributed by atoms with E-state index in [-0.39, 0.29) is 17.7 Å². The molecule has 1 unspecified atom stereocenters. The molecule has 3 N–H and O–H groups in total. The SMILES string of the molecule is Nc1nc(NCC(F)(F)F)cc(C2CCOC2)n1. The standard InChI is InChI=1S/C10H13F3N4O/c11-10(12,13)5-15-8-3-7(16-9(14)17-8)6-1-2-18-4-6/h3,6H,1-2,4-5H2,(H3,14,15,16,17). The van der Waals surface area contributed by atoms with Crippen molar-refractivity contribution in [3.05, 3.63) is 11.8 Å². The fourth-order valence-electron chi connectivity index (χ4n) is 1.74. The molecule has 1 aromatic rings. The summed E-state index contributed by atoms with van der Waals surface area (Å²) < 4.78 is 41.5. The monoisotopic (exact) mass is 262 g/mol. The van der Waals surface area contributed by atoms with Gasteiger partial charge in [-0.25, -0.2) is 4.98 Å². The molecule has 1 saturated heterocycles. The zero-order valence-electron chi connectivity index (χ0n) is 9.50. The van der Waals surface area contributed by atoms with Crippen molar-refractivity contribution < 1.29 is 17.9 Å². The summed E-state index contributed by atoms with van der Waals surface area (Å²) >= 11 is 0. The summed E-state index contributed by atoms with van der Waals surface area (Å²) in [4.78, 5) is 7.75. The molecule has 5 nitrogen and oxygen atoms in total. The molecular formula is C10H13F3N4O. The van der Waals surface area contributed by atoms with Gasteiger partial charge in [-0.3, -0.25) is 0 Å². The minimum Gasteiger partial charge on any atom is -0.381 e. The highest BCUT2D eigenvalue weighted by atomic mass is 19.4. The number of hydrogen-bond acceptors (Lipinski definition) is 5. The van der Waals surface area contributed by atoms with Gasteiger partial charge in [-0.05, 0) is 6.42 Å². The maximum atomic E-state index is 12.1. The van der Waals surface area contributed by atoms with Crippen LogP contribution < -0.4 is 11.1 Å². The van der Waals surface area contributed by atoms with E-state index in [1.54, 1.807) is 0 Å². The van der Waals surface area contributed by atoms with Gasteiger partial charge >= 0.3 is 6.18 Å². The number of alkyl halides is 3. The maximum absolute atomic E-state index is 12.1. The van der Waals surface area contributed by atoms with Gasteiger partial charge in [0, 0.05) is 18.6 Å². The molecule has 1 aliphatic heterocycles. The van der Waals surface area contributed by atoms with E-state index in [1.807, 2.05) is 0 Å². The smallest absolute Gasteiger partial charge is 0.381 e. The lowest BCUT2D eigenvalue weighted by Gasteiger charge is -2.12. The summed E-state index contributed by atoms with van der Waals surface area (Å²) in [7, 11) is 0. The quantitative estimate of drug-likeness (QED) is 0.864. The van der Waals surface area contributed by atoms with Crippen molar-refractivity contribution in [2.24, 2.45) is 0 Å². The molecule has 100 valence electrons. The minimum atomic E-state index is -4.30. The molecular weight excluding hydrogens is 249 g/mol. The molecule has 8 heteroatoms. The summed E-state index contributed by atoms with van der Waals surface area (Å²) in [5.74, 6) is 0.118. The summed E-state index contributed by atoms with van der Waals surface area (Å²) in [5.41, 5.74) is 6.10. The van der Waals surface area contributed by atoms with Crippen LogP contribution in [0.15, 0.2) is 6.07 Å². The third kappa shape index (κ3) is 3.46. The highest BCUT2D eigenvalue weighted by Crippen LogP contribution is 2.26. The van der Waals surface area contributed by atoms with Crippen LogP contribution in [0.4, 0.5) is 24.9 Å². The third-order valence-electron chi connectivity index (χ3n) is 2.58. The molecule has 0 saturated carbocycles. The first-order valence-corrected chi connectivity index (χ1v) is 5.47. The number of rotatable bonds is 3. The van der Waals surface area contributed by atoms with Crippen LogP contribution in [0.2, 0.25) is 0 Å². The molecule has 0 aromatic carbocycles. The maximum Gasteiger partial charge on any atom is 0.405 e. The number of halogens is 3. The van der Waals surface area contributed by atoms with E-state index >= 15 is 0 Å². The highest BCUT2D eigenvalue weighted by molar-refractivity contribution is 5.41. The molecule has 1 aromatic heterocycles. The van der Waals surface area contributed by atoms with Gasteiger partial charge in [0.25, 0.3) is 0 Å². The Balaban J connectivity index is 2.10. The van der Waals surface area contributed by atoms with E-state index in [4.69, 9.17) is 10.5 Å². The first-order valence-electron chi connectivity index (χ1n) is 5.47. The van der Waals surface area contributed by atoms with E-state index in [1.165, 1.54) is 6.07 Å². The fourth-order valence-corrected chi connectivity index (χ4v) is 1.74. The molecule has 1 atom stereocenters. The molecule has 0 aliphatic carbocycles.